The van der Waals surface area contributed by atoms with Gasteiger partial charge in [0.2, 0.25) is 0 Å². The van der Waals surface area contributed by atoms with Gasteiger partial charge in [-0.1, -0.05) is 168 Å². The van der Waals surface area contributed by atoms with Gasteiger partial charge in [-0.25, -0.2) is 4.68 Å². The van der Waals surface area contributed by atoms with Gasteiger partial charge in [0.25, 0.3) is 0 Å². The summed E-state index contributed by atoms with van der Waals surface area (Å²) in [6.07, 6.45) is 11.7. The Morgan fingerprint density at radius 2 is 1.33 bits per heavy atom. The topological polar surface area (TPSA) is 58.6 Å². The van der Waals surface area contributed by atoms with Crippen molar-refractivity contribution in [3.8, 4) is 22.5 Å². The summed E-state index contributed by atoms with van der Waals surface area (Å²) >= 11 is 0. The number of anilines is 2. The van der Waals surface area contributed by atoms with Crippen molar-refractivity contribution in [1.82, 2.24) is 14.3 Å². The van der Waals surface area contributed by atoms with Crippen LogP contribution in [0.25, 0.3) is 55.2 Å². The second kappa shape index (κ2) is 19.8. The molecule has 0 amide bonds. The average molecular weight is 814 g/mol. The molecule has 61 heavy (non-hydrogen) atoms. The normalized spacial score (nSPS) is 11.8. The molecule has 0 saturated carbocycles. The molecule has 0 bridgehead atoms. The largest absolute Gasteiger partial charge is 0.355 e. The third-order valence-electron chi connectivity index (χ3n) is 10.3. The Morgan fingerprint density at radius 1 is 0.672 bits per heavy atom. The monoisotopic (exact) mass is 813 g/mol. The lowest BCUT2D eigenvalue weighted by molar-refractivity contribution is 0.911. The van der Waals surface area contributed by atoms with Gasteiger partial charge < -0.3 is 15.3 Å². The van der Waals surface area contributed by atoms with Gasteiger partial charge in [-0.05, 0) is 90.9 Å². The van der Waals surface area contributed by atoms with Crippen LogP contribution in [0.1, 0.15) is 40.2 Å². The van der Waals surface area contributed by atoms with Crippen molar-refractivity contribution in [2.75, 3.05) is 5.32 Å². The number of hydrogen-bond acceptors (Lipinski definition) is 3. The lowest BCUT2D eigenvalue weighted by Gasteiger charge is -2.21. The van der Waals surface area contributed by atoms with Gasteiger partial charge in [-0.15, -0.1) is 0 Å². The highest BCUT2D eigenvalue weighted by Gasteiger charge is 2.22. The molecule has 1 atom stereocenters. The Hall–Kier alpha value is -7.07. The van der Waals surface area contributed by atoms with Gasteiger partial charge in [-0.3, -0.25) is 0 Å². The van der Waals surface area contributed by atoms with Crippen LogP contribution < -0.4 is 15.9 Å². The SMILES string of the molecule is C=C/C=C(\C=C/C)P(c1ccccc1)c1ccc(-n2c3c(-c4ccc5c(cnn5-c5ccccc5)c4)cccc3c3ccc(Nc4ccccc4)c(C=N)c32)cc1.CC.CC. The molecule has 2 aromatic heterocycles. The van der Waals surface area contributed by atoms with Crippen LogP contribution in [0.3, 0.4) is 0 Å². The molecule has 7 aromatic carbocycles. The first-order valence-electron chi connectivity index (χ1n) is 21.0. The van der Waals surface area contributed by atoms with Crippen LogP contribution in [0, 0.1) is 5.41 Å². The van der Waals surface area contributed by atoms with E-state index in [1.54, 1.807) is 0 Å². The second-order valence-corrected chi connectivity index (χ2v) is 16.0. The first kappa shape index (κ1) is 42.1. The maximum Gasteiger partial charge on any atom is 0.0741 e. The summed E-state index contributed by atoms with van der Waals surface area (Å²) in [5, 5.41) is 24.3. The Kier molecular flexibility index (Phi) is 13.6. The highest BCUT2D eigenvalue weighted by Crippen LogP contribution is 2.45. The molecule has 2 heterocycles. The van der Waals surface area contributed by atoms with Gasteiger partial charge in [-0.2, -0.15) is 5.10 Å². The van der Waals surface area contributed by atoms with Gasteiger partial charge in [0.15, 0.2) is 0 Å². The molecule has 9 rings (SSSR count). The number of rotatable bonds is 11. The van der Waals surface area contributed by atoms with Crippen molar-refractivity contribution >= 4 is 68.8 Å². The third-order valence-corrected chi connectivity index (χ3v) is 12.8. The van der Waals surface area contributed by atoms with E-state index in [1.807, 2.05) is 93.2 Å². The Morgan fingerprint density at radius 3 is 2.00 bits per heavy atom. The van der Waals surface area contributed by atoms with E-state index in [-0.39, 0.29) is 0 Å². The van der Waals surface area contributed by atoms with Crippen LogP contribution >= 0.6 is 7.92 Å². The van der Waals surface area contributed by atoms with Crippen LogP contribution in [0.15, 0.2) is 206 Å². The van der Waals surface area contributed by atoms with Crippen LogP contribution in [0.2, 0.25) is 0 Å². The predicted octanol–water partition coefficient (Wildman–Crippen LogP) is 14.7. The molecule has 5 nitrogen and oxygen atoms in total. The lowest BCUT2D eigenvalue weighted by atomic mass is 10.0. The summed E-state index contributed by atoms with van der Waals surface area (Å²) in [5.74, 6) is 0. The van der Waals surface area contributed by atoms with Gasteiger partial charge in [0.1, 0.15) is 0 Å². The smallest absolute Gasteiger partial charge is 0.0741 e. The minimum absolute atomic E-state index is 0.818. The number of para-hydroxylation sites is 3. The molecule has 0 aliphatic heterocycles. The highest BCUT2D eigenvalue weighted by atomic mass is 31.1. The molecular formula is C55H52N5P. The van der Waals surface area contributed by atoms with Gasteiger partial charge in [0.05, 0.1) is 28.4 Å². The van der Waals surface area contributed by atoms with Crippen molar-refractivity contribution in [3.05, 3.63) is 212 Å². The first-order chi connectivity index (χ1) is 30.2. The Labute approximate surface area is 361 Å². The number of fused-ring (bicyclic) bond motifs is 4. The molecule has 0 spiro atoms. The first-order valence-corrected chi connectivity index (χ1v) is 22.4. The van der Waals surface area contributed by atoms with Crippen LogP contribution in [0.5, 0.6) is 0 Å². The number of allylic oxidation sites excluding steroid dienone is 5. The molecule has 302 valence electrons. The van der Waals surface area contributed by atoms with Crippen molar-refractivity contribution in [1.29, 1.82) is 5.41 Å². The molecule has 9 aromatic rings. The average Bonchev–Trinajstić information content (AvgIpc) is 3.91. The summed E-state index contributed by atoms with van der Waals surface area (Å²) in [6.45, 7) is 14.1. The number of nitrogens with one attached hydrogen (secondary N) is 2. The summed E-state index contributed by atoms with van der Waals surface area (Å²) in [6, 6.07) is 57.6. The minimum atomic E-state index is -0.843. The second-order valence-electron chi connectivity index (χ2n) is 13.8. The fourth-order valence-electron chi connectivity index (χ4n) is 7.85. The van der Waals surface area contributed by atoms with Crippen molar-refractivity contribution in [3.63, 3.8) is 0 Å². The molecule has 0 aliphatic rings. The van der Waals surface area contributed by atoms with Crippen LogP contribution in [-0.2, 0) is 0 Å². The predicted molar refractivity (Wildman–Crippen MR) is 267 cm³/mol. The van der Waals surface area contributed by atoms with Crippen LogP contribution in [-0.4, -0.2) is 20.6 Å². The maximum atomic E-state index is 8.85. The molecule has 0 saturated heterocycles. The van der Waals surface area contributed by atoms with E-state index in [2.05, 4.69) is 157 Å². The molecule has 0 aliphatic carbocycles. The zero-order valence-electron chi connectivity index (χ0n) is 35.5. The minimum Gasteiger partial charge on any atom is -0.355 e. The third kappa shape index (κ3) is 8.39. The van der Waals surface area contributed by atoms with Crippen molar-refractivity contribution in [2.24, 2.45) is 0 Å². The molecule has 0 radical (unpaired) electrons. The van der Waals surface area contributed by atoms with E-state index >= 15 is 0 Å². The maximum absolute atomic E-state index is 8.85. The van der Waals surface area contributed by atoms with Gasteiger partial charge >= 0.3 is 0 Å². The summed E-state index contributed by atoms with van der Waals surface area (Å²) in [7, 11) is -0.843. The molecule has 0 fully saturated rings. The summed E-state index contributed by atoms with van der Waals surface area (Å²) in [5.41, 5.74) is 10.0. The molecule has 6 heteroatoms. The molecular weight excluding hydrogens is 762 g/mol. The van der Waals surface area contributed by atoms with Crippen molar-refractivity contribution < 1.29 is 0 Å². The zero-order valence-corrected chi connectivity index (χ0v) is 36.4. The zero-order chi connectivity index (χ0) is 42.7. The Bertz CT molecular complexity index is 2960. The number of hydrogen-bond donors (Lipinski definition) is 2. The lowest BCUT2D eigenvalue weighted by Crippen LogP contribution is -2.13. The number of aromatic nitrogens is 3. The quantitative estimate of drug-likeness (QED) is 0.0776. The van der Waals surface area contributed by atoms with Gasteiger partial charge in [0, 0.05) is 50.6 Å². The van der Waals surface area contributed by atoms with E-state index in [0.717, 1.165) is 72.1 Å². The standard InChI is InChI=1S/C51H40N5P.2C2H6/c1-3-15-41(16-4-2)57(42-21-12-7-13-22-42)43-28-26-39(27-29-43)55-50-44(36-25-32-49-37(33-36)35-53-56(49)40-19-10-6-11-20-40)23-14-24-45(50)46-30-31-48(47(34-52)51(46)55)54-38-17-8-5-9-18-38;2*1-2/h3-35,52,54H,1H2,2H3;2*1-2H3/b16-4-,41-15+,52-34?;;. The van der Waals surface area contributed by atoms with E-state index in [1.165, 1.54) is 22.1 Å². The summed E-state index contributed by atoms with van der Waals surface area (Å²) in [4.78, 5) is 0. The number of nitrogens with zero attached hydrogens (tertiary/aromatic N) is 3. The van der Waals surface area contributed by atoms with Crippen molar-refractivity contribution in [2.45, 2.75) is 34.6 Å². The molecule has 1 unspecified atom stereocenters. The summed E-state index contributed by atoms with van der Waals surface area (Å²) < 4.78 is 4.35. The fraction of sp³-hybridized carbons (Fsp3) is 0.0909. The van der Waals surface area contributed by atoms with E-state index in [0.29, 0.717) is 0 Å². The number of benzene rings is 7. The molecule has 2 N–H and O–H groups in total. The van der Waals surface area contributed by atoms with Crippen LogP contribution in [0.4, 0.5) is 11.4 Å². The van der Waals surface area contributed by atoms with E-state index in [4.69, 9.17) is 10.5 Å². The highest BCUT2D eigenvalue weighted by molar-refractivity contribution is 7.77. The fourth-order valence-corrected chi connectivity index (χ4v) is 10.2. The van der Waals surface area contributed by atoms with E-state index in [9.17, 15) is 0 Å². The van der Waals surface area contributed by atoms with E-state index < -0.39 is 7.92 Å². The Balaban J connectivity index is 0.00000136.